The number of nitrogens with one attached hydrogen (secondary N) is 1. The van der Waals surface area contributed by atoms with Gasteiger partial charge in [0.1, 0.15) is 5.75 Å². The van der Waals surface area contributed by atoms with Crippen molar-refractivity contribution in [1.82, 2.24) is 5.43 Å². The van der Waals surface area contributed by atoms with Gasteiger partial charge in [-0.3, -0.25) is 5.84 Å². The van der Waals surface area contributed by atoms with E-state index >= 15 is 0 Å². The van der Waals surface area contributed by atoms with Crippen molar-refractivity contribution in [2.24, 2.45) is 5.84 Å². The Kier molecular flexibility index (Phi) is 5.39. The largest absolute Gasteiger partial charge is 0.491 e. The monoisotopic (exact) mass is 348 g/mol. The molecule has 1 atom stereocenters. The summed E-state index contributed by atoms with van der Waals surface area (Å²) in [5.74, 6) is 6.62. The van der Waals surface area contributed by atoms with Crippen molar-refractivity contribution in [2.75, 3.05) is 0 Å². The number of aryl methyl sites for hydroxylation is 1. The normalized spacial score (nSPS) is 12.5. The Hall–Kier alpha value is -1.36. The second kappa shape index (κ2) is 7.07. The van der Waals surface area contributed by atoms with Crippen molar-refractivity contribution < 1.29 is 4.74 Å². The molecule has 0 spiro atoms. The molecule has 2 aromatic rings. The zero-order valence-corrected chi connectivity index (χ0v) is 14.1. The molecule has 0 aliphatic rings. The van der Waals surface area contributed by atoms with Crippen LogP contribution in [0.1, 0.15) is 36.6 Å². The third-order valence-corrected chi connectivity index (χ3v) is 4.14. The van der Waals surface area contributed by atoms with Gasteiger partial charge in [-0.2, -0.15) is 0 Å². The minimum atomic E-state index is -0.0463. The molecule has 0 aliphatic carbocycles. The van der Waals surface area contributed by atoms with Crippen molar-refractivity contribution in [1.29, 1.82) is 0 Å². The Balaban J connectivity index is 2.26. The highest BCUT2D eigenvalue weighted by Gasteiger charge is 2.13. The lowest BCUT2D eigenvalue weighted by Gasteiger charge is -2.18. The average Bonchev–Trinajstić information content (AvgIpc) is 2.45. The molecule has 2 aromatic carbocycles. The molecule has 0 heterocycles. The number of ether oxygens (including phenoxy) is 1. The third-order valence-electron chi connectivity index (χ3n) is 3.28. The summed E-state index contributed by atoms with van der Waals surface area (Å²) in [6.45, 7) is 6.10. The van der Waals surface area contributed by atoms with Gasteiger partial charge in [-0.25, -0.2) is 5.43 Å². The number of nitrogens with two attached hydrogens (primary N) is 1. The molecule has 3 nitrogen and oxygen atoms in total. The minimum Gasteiger partial charge on any atom is -0.491 e. The standard InChI is InChI=1S/C17H21BrN2O/c1-11(2)21-15-8-6-13(7-9-15)17(20-19)14-5-4-12(3)16(18)10-14/h4-11,17,20H,19H2,1-3H3. The fourth-order valence-corrected chi connectivity index (χ4v) is 2.58. The van der Waals surface area contributed by atoms with Crippen LogP contribution in [-0.4, -0.2) is 6.10 Å². The van der Waals surface area contributed by atoms with E-state index in [0.717, 1.165) is 21.3 Å². The van der Waals surface area contributed by atoms with E-state index in [1.165, 1.54) is 5.56 Å². The zero-order chi connectivity index (χ0) is 15.4. The van der Waals surface area contributed by atoms with E-state index in [2.05, 4.69) is 46.5 Å². The topological polar surface area (TPSA) is 47.3 Å². The molecule has 0 bridgehead atoms. The first-order chi connectivity index (χ1) is 10.0. The van der Waals surface area contributed by atoms with Crippen LogP contribution in [0, 0.1) is 6.92 Å². The van der Waals surface area contributed by atoms with Crippen LogP contribution in [0.5, 0.6) is 5.75 Å². The first kappa shape index (κ1) is 16.0. The van der Waals surface area contributed by atoms with Gasteiger partial charge >= 0.3 is 0 Å². The Morgan fingerprint density at radius 3 is 2.19 bits per heavy atom. The van der Waals surface area contributed by atoms with E-state index in [-0.39, 0.29) is 12.1 Å². The maximum absolute atomic E-state index is 5.75. The first-order valence-electron chi connectivity index (χ1n) is 7.00. The van der Waals surface area contributed by atoms with Gasteiger partial charge in [-0.15, -0.1) is 0 Å². The second-order valence-corrected chi connectivity index (χ2v) is 6.20. The Morgan fingerprint density at radius 2 is 1.67 bits per heavy atom. The molecule has 1 unspecified atom stereocenters. The molecule has 0 aliphatic heterocycles. The number of hydrogen-bond donors (Lipinski definition) is 2. The maximum Gasteiger partial charge on any atom is 0.119 e. The van der Waals surface area contributed by atoms with Gasteiger partial charge in [-0.05, 0) is 55.7 Å². The summed E-state index contributed by atoms with van der Waals surface area (Å²) in [6.07, 6.45) is 0.173. The number of benzene rings is 2. The Labute approximate surface area is 134 Å². The summed E-state index contributed by atoms with van der Waals surface area (Å²) in [7, 11) is 0. The van der Waals surface area contributed by atoms with Crippen LogP contribution in [0.15, 0.2) is 46.9 Å². The van der Waals surface area contributed by atoms with Gasteiger partial charge in [0, 0.05) is 4.47 Å². The van der Waals surface area contributed by atoms with Gasteiger partial charge in [0.15, 0.2) is 0 Å². The molecule has 21 heavy (non-hydrogen) atoms. The summed E-state index contributed by atoms with van der Waals surface area (Å²) >= 11 is 3.57. The van der Waals surface area contributed by atoms with E-state index in [1.807, 2.05) is 38.1 Å². The highest BCUT2D eigenvalue weighted by molar-refractivity contribution is 9.10. The zero-order valence-electron chi connectivity index (χ0n) is 12.6. The SMILES string of the molecule is Cc1ccc(C(NN)c2ccc(OC(C)C)cc2)cc1Br. The van der Waals surface area contributed by atoms with Crippen LogP contribution < -0.4 is 16.0 Å². The number of hydrogen-bond acceptors (Lipinski definition) is 3. The highest BCUT2D eigenvalue weighted by atomic mass is 79.9. The quantitative estimate of drug-likeness (QED) is 0.631. The summed E-state index contributed by atoms with van der Waals surface area (Å²) in [4.78, 5) is 0. The lowest BCUT2D eigenvalue weighted by molar-refractivity contribution is 0.242. The lowest BCUT2D eigenvalue weighted by Crippen LogP contribution is -2.28. The fraction of sp³-hybridized carbons (Fsp3) is 0.294. The molecule has 0 amide bonds. The molecular formula is C17H21BrN2O. The van der Waals surface area contributed by atoms with Crippen molar-refractivity contribution >= 4 is 15.9 Å². The van der Waals surface area contributed by atoms with E-state index in [4.69, 9.17) is 10.6 Å². The predicted molar refractivity (Wildman–Crippen MR) is 90.3 cm³/mol. The van der Waals surface area contributed by atoms with Crippen LogP contribution in [0.3, 0.4) is 0 Å². The molecule has 3 N–H and O–H groups in total. The number of hydrazine groups is 1. The average molecular weight is 349 g/mol. The molecule has 2 rings (SSSR count). The van der Waals surface area contributed by atoms with Gasteiger partial charge in [-0.1, -0.05) is 40.2 Å². The molecule has 0 fully saturated rings. The summed E-state index contributed by atoms with van der Waals surface area (Å²) < 4.78 is 6.75. The summed E-state index contributed by atoms with van der Waals surface area (Å²) in [5, 5.41) is 0. The maximum atomic E-state index is 5.75. The Bertz CT molecular complexity index is 596. The lowest BCUT2D eigenvalue weighted by atomic mass is 9.98. The molecule has 4 heteroatoms. The van der Waals surface area contributed by atoms with Crippen LogP contribution in [0.4, 0.5) is 0 Å². The van der Waals surface area contributed by atoms with Crippen LogP contribution in [0.2, 0.25) is 0 Å². The smallest absolute Gasteiger partial charge is 0.119 e. The molecule has 112 valence electrons. The molecular weight excluding hydrogens is 328 g/mol. The van der Waals surface area contributed by atoms with Crippen LogP contribution in [0.25, 0.3) is 0 Å². The van der Waals surface area contributed by atoms with Crippen molar-refractivity contribution in [3.05, 3.63) is 63.6 Å². The van der Waals surface area contributed by atoms with Gasteiger partial charge < -0.3 is 4.74 Å². The summed E-state index contributed by atoms with van der Waals surface area (Å²) in [5.41, 5.74) is 6.30. The predicted octanol–water partition coefficient (Wildman–Crippen LogP) is 4.10. The molecule has 0 saturated heterocycles. The Morgan fingerprint density at radius 1 is 1.05 bits per heavy atom. The van der Waals surface area contributed by atoms with Gasteiger partial charge in [0.25, 0.3) is 0 Å². The molecule has 0 aromatic heterocycles. The highest BCUT2D eigenvalue weighted by Crippen LogP contribution is 2.27. The van der Waals surface area contributed by atoms with E-state index in [0.29, 0.717) is 0 Å². The third kappa shape index (κ3) is 4.06. The minimum absolute atomic E-state index is 0.0463. The van der Waals surface area contributed by atoms with Gasteiger partial charge in [0.2, 0.25) is 0 Å². The van der Waals surface area contributed by atoms with Crippen molar-refractivity contribution in [2.45, 2.75) is 32.9 Å². The van der Waals surface area contributed by atoms with Crippen molar-refractivity contribution in [3.63, 3.8) is 0 Å². The first-order valence-corrected chi connectivity index (χ1v) is 7.79. The number of rotatable bonds is 5. The molecule has 0 radical (unpaired) electrons. The number of halogens is 1. The van der Waals surface area contributed by atoms with E-state index in [9.17, 15) is 0 Å². The van der Waals surface area contributed by atoms with Crippen LogP contribution >= 0.6 is 15.9 Å². The van der Waals surface area contributed by atoms with E-state index < -0.39 is 0 Å². The van der Waals surface area contributed by atoms with Crippen molar-refractivity contribution in [3.8, 4) is 5.75 Å². The van der Waals surface area contributed by atoms with Crippen LogP contribution in [-0.2, 0) is 0 Å². The fourth-order valence-electron chi connectivity index (χ4n) is 2.18. The second-order valence-electron chi connectivity index (χ2n) is 5.34. The van der Waals surface area contributed by atoms with E-state index in [1.54, 1.807) is 0 Å². The molecule has 0 saturated carbocycles. The summed E-state index contributed by atoms with van der Waals surface area (Å²) in [6, 6.07) is 14.2. The van der Waals surface area contributed by atoms with Gasteiger partial charge in [0.05, 0.1) is 12.1 Å².